The molecule has 3 rings (SSSR count). The second-order valence-electron chi connectivity index (χ2n) is 4.04. The molecule has 2 aromatic heterocycles. The van der Waals surface area contributed by atoms with E-state index < -0.39 is 0 Å². The van der Waals surface area contributed by atoms with Crippen LogP contribution in [0.3, 0.4) is 0 Å². The third kappa shape index (κ3) is 2.60. The highest BCUT2D eigenvalue weighted by molar-refractivity contribution is 7.09. The molecule has 7 heteroatoms. The van der Waals surface area contributed by atoms with Gasteiger partial charge in [0.2, 0.25) is 0 Å². The molecule has 0 spiro atoms. The Morgan fingerprint density at radius 3 is 2.74 bits per heavy atom. The normalized spacial score (nSPS) is 12.3. The summed E-state index contributed by atoms with van der Waals surface area (Å²) < 4.78 is 1.62. The van der Waals surface area contributed by atoms with Crippen LogP contribution in [0.2, 0.25) is 0 Å². The van der Waals surface area contributed by atoms with E-state index in [1.165, 1.54) is 0 Å². The molecule has 0 aliphatic heterocycles. The van der Waals surface area contributed by atoms with Gasteiger partial charge in [-0.1, -0.05) is 0 Å². The molecule has 2 heterocycles. The van der Waals surface area contributed by atoms with E-state index in [0.29, 0.717) is 0 Å². The van der Waals surface area contributed by atoms with Gasteiger partial charge in [-0.15, -0.1) is 16.4 Å². The highest BCUT2D eigenvalue weighted by Crippen LogP contribution is 2.21. The van der Waals surface area contributed by atoms with Crippen molar-refractivity contribution in [3.63, 3.8) is 0 Å². The molecule has 1 unspecified atom stereocenters. The number of nitrogens with one attached hydrogen (secondary N) is 1. The van der Waals surface area contributed by atoms with Crippen molar-refractivity contribution in [1.82, 2.24) is 25.2 Å². The van der Waals surface area contributed by atoms with Crippen molar-refractivity contribution in [2.45, 2.75) is 13.0 Å². The first-order valence-electron chi connectivity index (χ1n) is 5.82. The van der Waals surface area contributed by atoms with Crippen LogP contribution in [0.5, 0.6) is 0 Å². The summed E-state index contributed by atoms with van der Waals surface area (Å²) in [5, 5.41) is 17.5. The first kappa shape index (κ1) is 11.8. The topological polar surface area (TPSA) is 68.5 Å². The van der Waals surface area contributed by atoms with Gasteiger partial charge < -0.3 is 5.32 Å². The number of rotatable bonds is 4. The summed E-state index contributed by atoms with van der Waals surface area (Å²) in [6.07, 6.45) is 3.39. The lowest BCUT2D eigenvalue weighted by molar-refractivity contribution is 0.789. The van der Waals surface area contributed by atoms with E-state index in [9.17, 15) is 0 Å². The summed E-state index contributed by atoms with van der Waals surface area (Å²) in [5.41, 5.74) is 1.97. The second kappa shape index (κ2) is 5.15. The molecule has 1 atom stereocenters. The third-order valence-corrected chi connectivity index (χ3v) is 3.64. The van der Waals surface area contributed by atoms with Crippen LogP contribution < -0.4 is 5.32 Å². The predicted octanol–water partition coefficient (Wildman–Crippen LogP) is 2.29. The third-order valence-electron chi connectivity index (χ3n) is 2.69. The number of hydrogen-bond donors (Lipinski definition) is 1. The van der Waals surface area contributed by atoms with Crippen LogP contribution in [0, 0.1) is 0 Å². The standard InChI is InChI=1S/C12H12N6S/c1-9(12-13-6-7-19-12)15-10-2-4-11(5-3-10)18-8-14-16-17-18/h2-9,15H,1H3. The molecule has 6 nitrogen and oxygen atoms in total. The summed E-state index contributed by atoms with van der Waals surface area (Å²) in [7, 11) is 0. The number of hydrogen-bond acceptors (Lipinski definition) is 6. The van der Waals surface area contributed by atoms with Gasteiger partial charge in [-0.2, -0.15) is 0 Å². The summed E-state index contributed by atoms with van der Waals surface area (Å²) in [4.78, 5) is 4.30. The first-order chi connectivity index (χ1) is 9.33. The van der Waals surface area contributed by atoms with Crippen molar-refractivity contribution in [1.29, 1.82) is 0 Å². The molecule has 0 saturated heterocycles. The Hall–Kier alpha value is -2.28. The smallest absolute Gasteiger partial charge is 0.143 e. The maximum Gasteiger partial charge on any atom is 0.143 e. The van der Waals surface area contributed by atoms with Crippen molar-refractivity contribution in [2.75, 3.05) is 5.32 Å². The molecule has 1 aromatic carbocycles. The zero-order valence-corrected chi connectivity index (χ0v) is 11.1. The lowest BCUT2D eigenvalue weighted by Gasteiger charge is -2.12. The monoisotopic (exact) mass is 272 g/mol. The van der Waals surface area contributed by atoms with E-state index >= 15 is 0 Å². The minimum Gasteiger partial charge on any atom is -0.376 e. The molecule has 96 valence electrons. The fourth-order valence-electron chi connectivity index (χ4n) is 1.75. The maximum atomic E-state index is 4.30. The van der Waals surface area contributed by atoms with E-state index in [0.717, 1.165) is 16.4 Å². The Labute approximate surface area is 114 Å². The molecule has 0 aliphatic rings. The highest BCUT2D eigenvalue weighted by Gasteiger charge is 2.07. The number of anilines is 1. The fraction of sp³-hybridized carbons (Fsp3) is 0.167. The quantitative estimate of drug-likeness (QED) is 0.789. The van der Waals surface area contributed by atoms with E-state index in [1.807, 2.05) is 35.8 Å². The molecule has 0 saturated carbocycles. The van der Waals surface area contributed by atoms with Gasteiger partial charge in [0, 0.05) is 17.3 Å². The molecule has 0 bridgehead atoms. The minimum absolute atomic E-state index is 0.193. The minimum atomic E-state index is 0.193. The van der Waals surface area contributed by atoms with Gasteiger partial charge in [-0.05, 0) is 41.6 Å². The van der Waals surface area contributed by atoms with Crippen LogP contribution in [0.25, 0.3) is 5.69 Å². The van der Waals surface area contributed by atoms with Crippen molar-refractivity contribution >= 4 is 17.0 Å². The van der Waals surface area contributed by atoms with E-state index in [2.05, 4.69) is 32.7 Å². The predicted molar refractivity (Wildman–Crippen MR) is 73.3 cm³/mol. The van der Waals surface area contributed by atoms with Gasteiger partial charge in [0.15, 0.2) is 0 Å². The Kier molecular flexibility index (Phi) is 3.20. The number of tetrazole rings is 1. The van der Waals surface area contributed by atoms with Gasteiger partial charge in [-0.25, -0.2) is 9.67 Å². The lowest BCUT2D eigenvalue weighted by atomic mass is 10.2. The average Bonchev–Trinajstić information content (AvgIpc) is 3.13. The van der Waals surface area contributed by atoms with Crippen LogP contribution >= 0.6 is 11.3 Å². The van der Waals surface area contributed by atoms with Gasteiger partial charge in [-0.3, -0.25) is 0 Å². The van der Waals surface area contributed by atoms with Crippen LogP contribution in [0.1, 0.15) is 18.0 Å². The molecular weight excluding hydrogens is 260 g/mol. The fourth-order valence-corrected chi connectivity index (χ4v) is 2.40. The van der Waals surface area contributed by atoms with Gasteiger partial charge >= 0.3 is 0 Å². The largest absolute Gasteiger partial charge is 0.376 e. The molecule has 0 radical (unpaired) electrons. The van der Waals surface area contributed by atoms with Crippen LogP contribution in [-0.4, -0.2) is 25.2 Å². The summed E-state index contributed by atoms with van der Waals surface area (Å²) in [6, 6.07) is 8.13. The molecule has 0 aliphatic carbocycles. The van der Waals surface area contributed by atoms with Crippen molar-refractivity contribution < 1.29 is 0 Å². The van der Waals surface area contributed by atoms with E-state index in [4.69, 9.17) is 0 Å². The summed E-state index contributed by atoms with van der Waals surface area (Å²) >= 11 is 1.65. The van der Waals surface area contributed by atoms with Crippen molar-refractivity contribution in [2.24, 2.45) is 0 Å². The molecule has 0 amide bonds. The van der Waals surface area contributed by atoms with E-state index in [1.54, 1.807) is 22.3 Å². The average molecular weight is 272 g/mol. The zero-order chi connectivity index (χ0) is 13.1. The number of nitrogens with zero attached hydrogens (tertiary/aromatic N) is 5. The first-order valence-corrected chi connectivity index (χ1v) is 6.70. The Balaban J connectivity index is 1.73. The lowest BCUT2D eigenvalue weighted by Crippen LogP contribution is -2.06. The molecule has 19 heavy (non-hydrogen) atoms. The zero-order valence-electron chi connectivity index (χ0n) is 10.3. The van der Waals surface area contributed by atoms with Crippen molar-refractivity contribution in [3.05, 3.63) is 47.2 Å². The molecular formula is C12H12N6S. The van der Waals surface area contributed by atoms with Crippen LogP contribution in [0.15, 0.2) is 42.2 Å². The van der Waals surface area contributed by atoms with Crippen molar-refractivity contribution in [3.8, 4) is 5.69 Å². The number of aromatic nitrogens is 5. The Morgan fingerprint density at radius 1 is 1.26 bits per heavy atom. The SMILES string of the molecule is CC(Nc1ccc(-n2cnnn2)cc1)c1nccs1. The van der Waals surface area contributed by atoms with Crippen LogP contribution in [-0.2, 0) is 0 Å². The second-order valence-corrected chi connectivity index (χ2v) is 4.96. The van der Waals surface area contributed by atoms with Gasteiger partial charge in [0.05, 0.1) is 11.7 Å². The van der Waals surface area contributed by atoms with Gasteiger partial charge in [0.25, 0.3) is 0 Å². The molecule has 0 fully saturated rings. The summed E-state index contributed by atoms with van der Waals surface area (Å²) in [5.74, 6) is 0. The van der Waals surface area contributed by atoms with Gasteiger partial charge in [0.1, 0.15) is 11.3 Å². The van der Waals surface area contributed by atoms with Crippen LogP contribution in [0.4, 0.5) is 5.69 Å². The highest BCUT2D eigenvalue weighted by atomic mass is 32.1. The Morgan fingerprint density at radius 2 is 2.11 bits per heavy atom. The molecule has 1 N–H and O–H groups in total. The number of thiazole rings is 1. The summed E-state index contributed by atoms with van der Waals surface area (Å²) in [6.45, 7) is 2.09. The number of benzene rings is 1. The molecule has 3 aromatic rings. The van der Waals surface area contributed by atoms with E-state index in [-0.39, 0.29) is 6.04 Å². The maximum absolute atomic E-state index is 4.30. The Bertz CT molecular complexity index is 617.